The van der Waals surface area contributed by atoms with Crippen LogP contribution in [0.5, 0.6) is 5.88 Å². The number of nitrogens with zero attached hydrogens (tertiary/aromatic N) is 3. The zero-order chi connectivity index (χ0) is 10.6. The van der Waals surface area contributed by atoms with E-state index in [1.54, 1.807) is 0 Å². The fourth-order valence-corrected chi connectivity index (χ4v) is 0.912. The molecule has 1 aromatic rings. The molecule has 0 fully saturated rings. The summed E-state index contributed by atoms with van der Waals surface area (Å²) in [7, 11) is 0. The monoisotopic (exact) mass is 211 g/mol. The Kier molecular flexibility index (Phi) is 3.66. The van der Waals surface area contributed by atoms with Crippen LogP contribution in [0.4, 0.5) is 0 Å². The molecule has 1 unspecified atom stereocenters. The number of rotatable bonds is 3. The van der Waals surface area contributed by atoms with Gasteiger partial charge >= 0.3 is 0 Å². The number of hydrogen-bond donors (Lipinski definition) is 0. The maximum atomic E-state index is 8.74. The molecule has 0 aliphatic heterocycles. The molecule has 0 aliphatic rings. The van der Waals surface area contributed by atoms with Crippen LogP contribution in [-0.4, -0.2) is 16.1 Å². The molecule has 1 atom stereocenters. The van der Waals surface area contributed by atoms with Gasteiger partial charge in [0.15, 0.2) is 0 Å². The summed E-state index contributed by atoms with van der Waals surface area (Å²) in [6.45, 7) is 3.89. The Morgan fingerprint density at radius 1 is 1.71 bits per heavy atom. The average molecular weight is 212 g/mol. The van der Waals surface area contributed by atoms with E-state index in [0.717, 1.165) is 6.42 Å². The Morgan fingerprint density at radius 2 is 2.43 bits per heavy atom. The van der Waals surface area contributed by atoms with Crippen molar-refractivity contribution in [2.45, 2.75) is 26.4 Å². The average Bonchev–Trinajstić information content (AvgIpc) is 2.18. The van der Waals surface area contributed by atoms with Crippen molar-refractivity contribution < 1.29 is 4.74 Å². The van der Waals surface area contributed by atoms with E-state index in [1.807, 2.05) is 19.9 Å². The van der Waals surface area contributed by atoms with E-state index < -0.39 is 0 Å². The highest BCUT2D eigenvalue weighted by atomic mass is 35.5. The van der Waals surface area contributed by atoms with E-state index in [1.165, 1.54) is 6.20 Å². The van der Waals surface area contributed by atoms with E-state index in [4.69, 9.17) is 21.6 Å². The molecule has 0 saturated heterocycles. The molecule has 0 saturated carbocycles. The third kappa shape index (κ3) is 2.57. The van der Waals surface area contributed by atoms with Crippen molar-refractivity contribution in [3.05, 3.63) is 17.0 Å². The summed E-state index contributed by atoms with van der Waals surface area (Å²) in [6, 6.07) is 1.94. The van der Waals surface area contributed by atoms with Crippen LogP contribution in [0.1, 0.15) is 25.8 Å². The smallest absolute Gasteiger partial charge is 0.236 e. The number of nitriles is 1. The van der Waals surface area contributed by atoms with Crippen LogP contribution in [0, 0.1) is 11.3 Å². The Balaban J connectivity index is 2.94. The Labute approximate surface area is 87.5 Å². The number of ether oxygens (including phenoxy) is 1. The number of halogens is 1. The summed E-state index contributed by atoms with van der Waals surface area (Å²) >= 11 is 5.59. The lowest BCUT2D eigenvalue weighted by molar-refractivity contribution is 0.207. The zero-order valence-corrected chi connectivity index (χ0v) is 8.75. The first-order valence-corrected chi connectivity index (χ1v) is 4.64. The van der Waals surface area contributed by atoms with E-state index in [-0.39, 0.29) is 17.3 Å². The van der Waals surface area contributed by atoms with Gasteiger partial charge in [0.05, 0.1) is 12.3 Å². The lowest BCUT2D eigenvalue weighted by Gasteiger charge is -2.11. The first kappa shape index (κ1) is 10.7. The predicted octanol–water partition coefficient (Wildman–Crippen LogP) is 2.18. The van der Waals surface area contributed by atoms with Crippen molar-refractivity contribution in [1.29, 1.82) is 5.26 Å². The van der Waals surface area contributed by atoms with E-state index in [2.05, 4.69) is 9.97 Å². The molecule has 1 heterocycles. The first-order valence-electron chi connectivity index (χ1n) is 4.26. The maximum absolute atomic E-state index is 8.74. The van der Waals surface area contributed by atoms with E-state index in [0.29, 0.717) is 5.56 Å². The minimum absolute atomic E-state index is 0.00747. The number of hydrogen-bond acceptors (Lipinski definition) is 4. The second kappa shape index (κ2) is 4.77. The highest BCUT2D eigenvalue weighted by molar-refractivity contribution is 6.28. The molecule has 0 bridgehead atoms. The molecule has 14 heavy (non-hydrogen) atoms. The van der Waals surface area contributed by atoms with Gasteiger partial charge < -0.3 is 4.74 Å². The largest absolute Gasteiger partial charge is 0.474 e. The summed E-state index contributed by atoms with van der Waals surface area (Å²) in [4.78, 5) is 7.54. The second-order valence-electron chi connectivity index (χ2n) is 2.81. The Morgan fingerprint density at radius 3 is 3.00 bits per heavy atom. The van der Waals surface area contributed by atoms with E-state index in [9.17, 15) is 0 Å². The summed E-state index contributed by atoms with van der Waals surface area (Å²) in [5, 5.41) is 8.83. The van der Waals surface area contributed by atoms with Crippen LogP contribution >= 0.6 is 11.6 Å². The van der Waals surface area contributed by atoms with Gasteiger partial charge in [-0.1, -0.05) is 6.92 Å². The Bertz CT molecular complexity index is 362. The van der Waals surface area contributed by atoms with Gasteiger partial charge in [-0.05, 0) is 24.9 Å². The fraction of sp³-hybridized carbons (Fsp3) is 0.444. The third-order valence-electron chi connectivity index (χ3n) is 1.73. The quantitative estimate of drug-likeness (QED) is 0.719. The lowest BCUT2D eigenvalue weighted by Crippen LogP contribution is -2.12. The van der Waals surface area contributed by atoms with Gasteiger partial charge in [0.1, 0.15) is 11.6 Å². The molecule has 74 valence electrons. The standard InChI is InChI=1S/C9H10ClN3O/c1-3-6(2)14-8-7(4-11)5-12-9(10)13-8/h5-6H,3H2,1-2H3. The molecule has 0 aliphatic carbocycles. The molecule has 0 radical (unpaired) electrons. The van der Waals surface area contributed by atoms with Gasteiger partial charge in [0.25, 0.3) is 0 Å². The highest BCUT2D eigenvalue weighted by Crippen LogP contribution is 2.17. The predicted molar refractivity (Wildman–Crippen MR) is 52.1 cm³/mol. The molecule has 0 amide bonds. The van der Waals surface area contributed by atoms with E-state index >= 15 is 0 Å². The van der Waals surface area contributed by atoms with Crippen molar-refractivity contribution in [3.8, 4) is 11.9 Å². The van der Waals surface area contributed by atoms with Crippen molar-refractivity contribution in [3.63, 3.8) is 0 Å². The van der Waals surface area contributed by atoms with Crippen molar-refractivity contribution in [1.82, 2.24) is 9.97 Å². The normalized spacial score (nSPS) is 11.9. The zero-order valence-electron chi connectivity index (χ0n) is 7.99. The molecule has 1 aromatic heterocycles. The SMILES string of the molecule is CCC(C)Oc1nc(Cl)ncc1C#N. The second-order valence-corrected chi connectivity index (χ2v) is 3.14. The van der Waals surface area contributed by atoms with Crippen LogP contribution in [0.25, 0.3) is 0 Å². The summed E-state index contributed by atoms with van der Waals surface area (Å²) in [5.41, 5.74) is 0.301. The molecular formula is C9H10ClN3O. The minimum atomic E-state index is 0.00747. The highest BCUT2D eigenvalue weighted by Gasteiger charge is 2.09. The molecule has 0 spiro atoms. The van der Waals surface area contributed by atoms with Gasteiger partial charge in [-0.3, -0.25) is 0 Å². The van der Waals surface area contributed by atoms with Gasteiger partial charge in [0.2, 0.25) is 11.2 Å². The lowest BCUT2D eigenvalue weighted by atomic mass is 10.3. The summed E-state index contributed by atoms with van der Waals surface area (Å²) in [5.74, 6) is 0.252. The molecule has 0 N–H and O–H groups in total. The van der Waals surface area contributed by atoms with Gasteiger partial charge in [0, 0.05) is 0 Å². The fourth-order valence-electron chi connectivity index (χ4n) is 0.786. The number of aromatic nitrogens is 2. The van der Waals surface area contributed by atoms with Crippen molar-refractivity contribution >= 4 is 11.6 Å². The molecule has 5 heteroatoms. The van der Waals surface area contributed by atoms with Crippen LogP contribution in [-0.2, 0) is 0 Å². The molecule has 1 rings (SSSR count). The van der Waals surface area contributed by atoms with Crippen LogP contribution < -0.4 is 4.74 Å². The topological polar surface area (TPSA) is 58.8 Å². The summed E-state index contributed by atoms with van der Waals surface area (Å²) < 4.78 is 5.41. The van der Waals surface area contributed by atoms with Gasteiger partial charge in [-0.25, -0.2) is 4.98 Å². The van der Waals surface area contributed by atoms with Crippen LogP contribution in [0.3, 0.4) is 0 Å². The van der Waals surface area contributed by atoms with Gasteiger partial charge in [-0.2, -0.15) is 10.2 Å². The van der Waals surface area contributed by atoms with Crippen molar-refractivity contribution in [2.24, 2.45) is 0 Å². The minimum Gasteiger partial charge on any atom is -0.474 e. The van der Waals surface area contributed by atoms with Gasteiger partial charge in [-0.15, -0.1) is 0 Å². The summed E-state index contributed by atoms with van der Waals surface area (Å²) in [6.07, 6.45) is 2.20. The van der Waals surface area contributed by atoms with Crippen LogP contribution in [0.15, 0.2) is 6.20 Å². The third-order valence-corrected chi connectivity index (χ3v) is 1.91. The maximum Gasteiger partial charge on any atom is 0.236 e. The molecular weight excluding hydrogens is 202 g/mol. The Hall–Kier alpha value is -1.34. The van der Waals surface area contributed by atoms with Crippen molar-refractivity contribution in [2.75, 3.05) is 0 Å². The van der Waals surface area contributed by atoms with Crippen LogP contribution in [0.2, 0.25) is 5.28 Å². The molecule has 0 aromatic carbocycles. The molecule has 4 nitrogen and oxygen atoms in total. The first-order chi connectivity index (χ1) is 6.67.